The molecule has 0 aliphatic heterocycles. The van der Waals surface area contributed by atoms with E-state index in [1.54, 1.807) is 14.0 Å². The Hall–Kier alpha value is -3.09. The summed E-state index contributed by atoms with van der Waals surface area (Å²) in [6.07, 6.45) is 0.788. The van der Waals surface area contributed by atoms with E-state index >= 15 is 0 Å². The van der Waals surface area contributed by atoms with Gasteiger partial charge in [0.15, 0.2) is 6.61 Å². The first-order valence-corrected chi connectivity index (χ1v) is 9.95. The molecule has 2 amide bonds. The van der Waals surface area contributed by atoms with E-state index in [0.717, 1.165) is 12.0 Å². The van der Waals surface area contributed by atoms with Crippen LogP contribution in [-0.4, -0.2) is 42.5 Å². The van der Waals surface area contributed by atoms with E-state index in [9.17, 15) is 14.0 Å². The lowest BCUT2D eigenvalue weighted by atomic mass is 10.1. The monoisotopic (exact) mass is 416 g/mol. The molecule has 0 saturated carbocycles. The number of carbonyl (C=O) groups is 2. The zero-order chi connectivity index (χ0) is 22.1. The molecule has 0 saturated heterocycles. The quantitative estimate of drug-likeness (QED) is 0.643. The van der Waals surface area contributed by atoms with Crippen molar-refractivity contribution in [1.82, 2.24) is 10.2 Å². The van der Waals surface area contributed by atoms with Gasteiger partial charge in [-0.1, -0.05) is 19.1 Å². The number of carbonyl (C=O) groups excluding carboxylic acids is 2. The van der Waals surface area contributed by atoms with Gasteiger partial charge in [-0.25, -0.2) is 4.39 Å². The highest BCUT2D eigenvalue weighted by Gasteiger charge is 2.27. The summed E-state index contributed by atoms with van der Waals surface area (Å²) in [5, 5.41) is 2.91. The van der Waals surface area contributed by atoms with Crippen molar-refractivity contribution in [2.75, 3.05) is 13.7 Å². The van der Waals surface area contributed by atoms with E-state index in [0.29, 0.717) is 11.5 Å². The number of amides is 2. The van der Waals surface area contributed by atoms with E-state index in [-0.39, 0.29) is 36.8 Å². The Morgan fingerprint density at radius 1 is 1.10 bits per heavy atom. The third-order valence-corrected chi connectivity index (χ3v) is 4.83. The van der Waals surface area contributed by atoms with Crippen LogP contribution < -0.4 is 14.8 Å². The van der Waals surface area contributed by atoms with E-state index in [4.69, 9.17) is 9.47 Å². The number of hydrogen-bond acceptors (Lipinski definition) is 4. The molecule has 6 nitrogen and oxygen atoms in total. The Bertz CT molecular complexity index is 841. The molecule has 0 bridgehead atoms. The second-order valence-corrected chi connectivity index (χ2v) is 7.11. The van der Waals surface area contributed by atoms with Crippen molar-refractivity contribution in [2.24, 2.45) is 0 Å². The molecule has 2 aromatic carbocycles. The summed E-state index contributed by atoms with van der Waals surface area (Å²) in [7, 11) is 1.57. The third-order valence-electron chi connectivity index (χ3n) is 4.83. The Morgan fingerprint density at radius 2 is 1.80 bits per heavy atom. The molecule has 0 radical (unpaired) electrons. The highest BCUT2D eigenvalue weighted by molar-refractivity contribution is 5.88. The van der Waals surface area contributed by atoms with Crippen LogP contribution in [0.4, 0.5) is 4.39 Å². The lowest BCUT2D eigenvalue weighted by Crippen LogP contribution is -2.50. The van der Waals surface area contributed by atoms with Gasteiger partial charge >= 0.3 is 0 Å². The Labute approximate surface area is 177 Å². The zero-order valence-corrected chi connectivity index (χ0v) is 17.9. The van der Waals surface area contributed by atoms with Crippen LogP contribution in [-0.2, 0) is 16.1 Å². The summed E-state index contributed by atoms with van der Waals surface area (Å²) < 4.78 is 23.8. The summed E-state index contributed by atoms with van der Waals surface area (Å²) in [6, 6.07) is 12.1. The summed E-state index contributed by atoms with van der Waals surface area (Å²) in [5.41, 5.74) is 0.827. The molecule has 0 fully saturated rings. The van der Waals surface area contributed by atoms with Crippen molar-refractivity contribution in [3.63, 3.8) is 0 Å². The van der Waals surface area contributed by atoms with Gasteiger partial charge in [0.05, 0.1) is 7.11 Å². The van der Waals surface area contributed by atoms with Gasteiger partial charge in [0.1, 0.15) is 23.4 Å². The maximum Gasteiger partial charge on any atom is 0.261 e. The minimum atomic E-state index is -0.700. The fourth-order valence-electron chi connectivity index (χ4n) is 2.77. The van der Waals surface area contributed by atoms with Gasteiger partial charge in [-0.15, -0.1) is 0 Å². The minimum absolute atomic E-state index is 0.00388. The van der Waals surface area contributed by atoms with Crippen LogP contribution in [0.1, 0.15) is 32.8 Å². The van der Waals surface area contributed by atoms with Crippen LogP contribution in [0.15, 0.2) is 48.5 Å². The van der Waals surface area contributed by atoms with Crippen molar-refractivity contribution in [2.45, 2.75) is 45.8 Å². The normalized spacial score (nSPS) is 12.6. The summed E-state index contributed by atoms with van der Waals surface area (Å²) >= 11 is 0. The summed E-state index contributed by atoms with van der Waals surface area (Å²) in [6.45, 7) is 5.53. The summed E-state index contributed by atoms with van der Waals surface area (Å²) in [4.78, 5) is 27.1. The van der Waals surface area contributed by atoms with E-state index < -0.39 is 6.04 Å². The fraction of sp³-hybridized carbons (Fsp3) is 0.391. The second kappa shape index (κ2) is 11.2. The SMILES string of the molecule is CC[C@@H](C)NC(=O)[C@@H](C)N(Cc1cccc(OC)c1)C(=O)COc1ccc(F)cc1. The Balaban J connectivity index is 2.16. The predicted molar refractivity (Wildman–Crippen MR) is 113 cm³/mol. The van der Waals surface area contributed by atoms with Crippen molar-refractivity contribution in [1.29, 1.82) is 0 Å². The van der Waals surface area contributed by atoms with E-state index in [1.807, 2.05) is 38.1 Å². The molecule has 0 aliphatic carbocycles. The van der Waals surface area contributed by atoms with Gasteiger partial charge in [-0.05, 0) is 62.2 Å². The first-order valence-electron chi connectivity index (χ1n) is 9.95. The molecular weight excluding hydrogens is 387 g/mol. The number of halogens is 1. The topological polar surface area (TPSA) is 67.9 Å². The zero-order valence-electron chi connectivity index (χ0n) is 17.9. The smallest absolute Gasteiger partial charge is 0.261 e. The number of nitrogens with one attached hydrogen (secondary N) is 1. The van der Waals surface area contributed by atoms with Crippen LogP contribution in [0.2, 0.25) is 0 Å². The maximum absolute atomic E-state index is 13.1. The van der Waals surface area contributed by atoms with Crippen molar-refractivity contribution < 1.29 is 23.5 Å². The van der Waals surface area contributed by atoms with Crippen LogP contribution in [0.25, 0.3) is 0 Å². The standard InChI is InChI=1S/C23H29FN2O4/c1-5-16(2)25-23(28)17(3)26(14-18-7-6-8-21(13-18)29-4)22(27)15-30-20-11-9-19(24)10-12-20/h6-13,16-17H,5,14-15H2,1-4H3,(H,25,28)/t16-,17-/m1/s1. The lowest BCUT2D eigenvalue weighted by Gasteiger charge is -2.29. The molecule has 0 aromatic heterocycles. The highest BCUT2D eigenvalue weighted by atomic mass is 19.1. The largest absolute Gasteiger partial charge is 0.497 e. The Morgan fingerprint density at radius 3 is 2.43 bits per heavy atom. The molecule has 2 aromatic rings. The second-order valence-electron chi connectivity index (χ2n) is 7.11. The molecule has 7 heteroatoms. The van der Waals surface area contributed by atoms with Gasteiger partial charge < -0.3 is 19.7 Å². The van der Waals surface area contributed by atoms with Crippen LogP contribution in [0.5, 0.6) is 11.5 Å². The molecular formula is C23H29FN2O4. The minimum Gasteiger partial charge on any atom is -0.497 e. The summed E-state index contributed by atoms with van der Waals surface area (Å²) in [5.74, 6) is 0.0713. The van der Waals surface area contributed by atoms with Gasteiger partial charge in [-0.2, -0.15) is 0 Å². The van der Waals surface area contributed by atoms with Gasteiger partial charge in [0, 0.05) is 12.6 Å². The van der Waals surface area contributed by atoms with Crippen molar-refractivity contribution in [3.05, 3.63) is 59.9 Å². The van der Waals surface area contributed by atoms with Gasteiger partial charge in [0.2, 0.25) is 5.91 Å². The lowest BCUT2D eigenvalue weighted by molar-refractivity contribution is -0.142. The molecule has 30 heavy (non-hydrogen) atoms. The molecule has 0 unspecified atom stereocenters. The fourth-order valence-corrected chi connectivity index (χ4v) is 2.77. The van der Waals surface area contributed by atoms with Gasteiger partial charge in [0.25, 0.3) is 5.91 Å². The van der Waals surface area contributed by atoms with Crippen LogP contribution in [0.3, 0.4) is 0 Å². The van der Waals surface area contributed by atoms with Crippen molar-refractivity contribution in [3.8, 4) is 11.5 Å². The van der Waals surface area contributed by atoms with E-state index in [1.165, 1.54) is 29.2 Å². The maximum atomic E-state index is 13.1. The van der Waals surface area contributed by atoms with E-state index in [2.05, 4.69) is 5.32 Å². The molecule has 0 heterocycles. The number of benzene rings is 2. The third kappa shape index (κ3) is 6.76. The van der Waals surface area contributed by atoms with Crippen LogP contribution >= 0.6 is 0 Å². The molecule has 0 spiro atoms. The molecule has 162 valence electrons. The molecule has 2 rings (SSSR count). The highest BCUT2D eigenvalue weighted by Crippen LogP contribution is 2.17. The predicted octanol–water partition coefficient (Wildman–Crippen LogP) is 3.55. The van der Waals surface area contributed by atoms with Gasteiger partial charge in [-0.3, -0.25) is 9.59 Å². The molecule has 0 aliphatic rings. The number of methoxy groups -OCH3 is 1. The molecule has 1 N–H and O–H groups in total. The number of nitrogens with zero attached hydrogens (tertiary/aromatic N) is 1. The average molecular weight is 416 g/mol. The first kappa shape index (κ1) is 23.2. The van der Waals surface area contributed by atoms with Crippen molar-refractivity contribution >= 4 is 11.8 Å². The molecule has 2 atom stereocenters. The first-order chi connectivity index (χ1) is 14.3. The van der Waals surface area contributed by atoms with Crippen LogP contribution in [0, 0.1) is 5.82 Å². The Kier molecular flexibility index (Phi) is 8.65. The number of rotatable bonds is 10. The number of ether oxygens (including phenoxy) is 2. The average Bonchev–Trinajstić information content (AvgIpc) is 2.76. The number of hydrogen-bond donors (Lipinski definition) is 1.